The number of nitrogens with zero attached hydrogens (tertiary/aromatic N) is 2. The maximum Gasteiger partial charge on any atom is 1.00 e. The lowest BCUT2D eigenvalue weighted by Gasteiger charge is -2.34. The maximum atomic E-state index is 13.0. The highest BCUT2D eigenvalue weighted by molar-refractivity contribution is 9.10. The molecule has 1 saturated heterocycles. The van der Waals surface area contributed by atoms with E-state index in [0.29, 0.717) is 23.9 Å². The van der Waals surface area contributed by atoms with Crippen LogP contribution in [0.5, 0.6) is 5.75 Å². The van der Waals surface area contributed by atoms with Crippen LogP contribution in [0.2, 0.25) is 5.02 Å². The van der Waals surface area contributed by atoms with Crippen LogP contribution in [0.4, 0.5) is 11.5 Å². The van der Waals surface area contributed by atoms with E-state index < -0.39 is 28.0 Å². The Morgan fingerprint density at radius 3 is 2.50 bits per heavy atom. The normalized spacial score (nSPS) is 15.2. The molecule has 184 valence electrons. The summed E-state index contributed by atoms with van der Waals surface area (Å²) in [5.41, 5.74) is -0.358. The molecular weight excluding hydrogens is 552 g/mol. The molecule has 3 rings (SSSR count). The summed E-state index contributed by atoms with van der Waals surface area (Å²) in [6, 6.07) is 5.90. The lowest BCUT2D eigenvalue weighted by Crippen LogP contribution is -2.41. The number of carbonyl (C=O) groups excluding carboxylic acids is 2. The number of nitrogens with one attached hydrogen (secondary N) is 2. The number of aromatic nitrogens is 1. The minimum Gasteiger partial charge on any atom is -0.716 e. The Balaban J connectivity index is 0.00000432. The first kappa shape index (κ1) is 26.4. The Hall–Kier alpha value is -2.25. The molecule has 2 amide bonds. The van der Waals surface area contributed by atoms with Gasteiger partial charge in [-0.3, -0.25) is 9.59 Å². The number of halogens is 2. The number of rotatable bonds is 7. The predicted octanol–water partition coefficient (Wildman–Crippen LogP) is 3.76. The molecule has 2 heterocycles. The molecule has 1 aliphatic rings. The predicted molar refractivity (Wildman–Crippen MR) is 131 cm³/mol. The van der Waals surface area contributed by atoms with Crippen LogP contribution in [0.25, 0.3) is 0 Å². The van der Waals surface area contributed by atoms with Gasteiger partial charge < -0.3 is 24.3 Å². The molecule has 0 saturated carbocycles. The van der Waals surface area contributed by atoms with Gasteiger partial charge in [0.15, 0.2) is 5.75 Å². The number of hydrogen-bond acceptors (Lipinski definition) is 8. The third-order valence-electron chi connectivity index (χ3n) is 5.35. The second kappa shape index (κ2) is 11.0. The van der Waals surface area contributed by atoms with Gasteiger partial charge in [0.2, 0.25) is 5.91 Å². The molecular formula is C21H24BrClN4O6S. The number of likely N-dealkylation sites (tertiary alicyclic amines) is 1. The molecule has 1 aromatic carbocycles. The summed E-state index contributed by atoms with van der Waals surface area (Å²) in [5, 5.41) is 5.52. The first-order valence-electron chi connectivity index (χ1n) is 10.4. The average molecular weight is 576 g/mol. The van der Waals surface area contributed by atoms with Crippen molar-refractivity contribution in [3.05, 3.63) is 45.5 Å². The molecule has 2 N–H and O–H groups in total. The van der Waals surface area contributed by atoms with Gasteiger partial charge in [-0.1, -0.05) is 27.5 Å². The van der Waals surface area contributed by atoms with Gasteiger partial charge >= 0.3 is 1.43 Å². The molecule has 1 aliphatic heterocycles. The van der Waals surface area contributed by atoms with Gasteiger partial charge in [0, 0.05) is 22.6 Å². The van der Waals surface area contributed by atoms with Crippen molar-refractivity contribution >= 4 is 61.2 Å². The van der Waals surface area contributed by atoms with Crippen molar-refractivity contribution < 1.29 is 28.2 Å². The van der Waals surface area contributed by atoms with Crippen LogP contribution in [0.1, 0.15) is 38.5 Å². The zero-order valence-electron chi connectivity index (χ0n) is 19.4. The Labute approximate surface area is 212 Å². The van der Waals surface area contributed by atoms with E-state index in [1.54, 1.807) is 0 Å². The summed E-state index contributed by atoms with van der Waals surface area (Å²) < 4.78 is 38.8. The number of piperidine rings is 1. The van der Waals surface area contributed by atoms with E-state index >= 15 is 0 Å². The second-order valence-corrected chi connectivity index (χ2v) is 10.4. The minimum absolute atomic E-state index is 0. The van der Waals surface area contributed by atoms with Gasteiger partial charge in [0.1, 0.15) is 5.82 Å². The second-order valence-electron chi connectivity index (χ2n) is 8.03. The average Bonchev–Trinajstić information content (AvgIpc) is 2.75. The van der Waals surface area contributed by atoms with Crippen LogP contribution in [0, 0.1) is 5.92 Å². The van der Waals surface area contributed by atoms with Crippen LogP contribution in [0.3, 0.4) is 0 Å². The van der Waals surface area contributed by atoms with Crippen molar-refractivity contribution in [1.82, 2.24) is 9.88 Å². The lowest BCUT2D eigenvalue weighted by molar-refractivity contribution is -0.121. The number of pyridine rings is 1. The Morgan fingerprint density at radius 2 is 1.94 bits per heavy atom. The molecule has 10 nitrogen and oxygen atoms in total. The van der Waals surface area contributed by atoms with Gasteiger partial charge in [-0.05, 0) is 64.0 Å². The zero-order chi connectivity index (χ0) is 25.0. The number of amides is 2. The molecule has 0 atom stereocenters. The third kappa shape index (κ3) is 7.12. The summed E-state index contributed by atoms with van der Waals surface area (Å²) in [7, 11) is -5.19. The van der Waals surface area contributed by atoms with Gasteiger partial charge in [-0.2, -0.15) is 0 Å². The third-order valence-corrected chi connectivity index (χ3v) is 6.42. The van der Waals surface area contributed by atoms with E-state index in [1.807, 2.05) is 0 Å². The van der Waals surface area contributed by atoms with Crippen molar-refractivity contribution in [1.29, 1.82) is 0 Å². The molecule has 0 bridgehead atoms. The molecule has 0 aliphatic carbocycles. The molecule has 2 aromatic rings. The van der Waals surface area contributed by atoms with Gasteiger partial charge in [-0.25, -0.2) is 13.4 Å². The first-order chi connectivity index (χ1) is 15.9. The Kier molecular flexibility index (Phi) is 8.52. The fourth-order valence-electron chi connectivity index (χ4n) is 3.60. The smallest absolute Gasteiger partial charge is 0.716 e. The summed E-state index contributed by atoms with van der Waals surface area (Å²) in [4.78, 5) is 32.3. The number of carbonyl (C=O) groups is 2. The van der Waals surface area contributed by atoms with E-state index in [2.05, 4.69) is 54.5 Å². The quantitative estimate of drug-likeness (QED) is 0.376. The highest BCUT2D eigenvalue weighted by Crippen LogP contribution is 2.35. The number of benzene rings is 1. The fourth-order valence-corrected chi connectivity index (χ4v) is 4.50. The van der Waals surface area contributed by atoms with E-state index in [4.69, 9.17) is 11.6 Å². The molecule has 0 unspecified atom stereocenters. The van der Waals surface area contributed by atoms with Gasteiger partial charge in [0.05, 0.1) is 16.3 Å². The van der Waals surface area contributed by atoms with E-state index in [9.17, 15) is 22.6 Å². The Morgan fingerprint density at radius 1 is 1.26 bits per heavy atom. The molecule has 34 heavy (non-hydrogen) atoms. The van der Waals surface area contributed by atoms with Crippen molar-refractivity contribution in [2.24, 2.45) is 5.92 Å². The zero-order valence-corrected chi connectivity index (χ0v) is 21.5. The standard InChI is InChI=1S/C21H24BrClN4O6S/c1-12(2)27-7-5-13(6-8-27)20(28)26-19-16(9-14(22)10-17(19)33-34(30,31)32)21(29)25-18-4-3-15(23)11-24-18/h3-4,9-13H,5-8H2,1-2H3,(H,26,28)(H,24,25,29)(H,30,31,32). The van der Waals surface area contributed by atoms with Crippen LogP contribution in [-0.4, -0.2) is 53.8 Å². The molecule has 1 fully saturated rings. The van der Waals surface area contributed by atoms with Crippen molar-refractivity contribution in [3.8, 4) is 5.75 Å². The van der Waals surface area contributed by atoms with E-state index in [-0.39, 0.29) is 28.9 Å². The van der Waals surface area contributed by atoms with Gasteiger partial charge in [0.25, 0.3) is 16.3 Å². The van der Waals surface area contributed by atoms with Crippen LogP contribution in [0.15, 0.2) is 34.9 Å². The summed E-state index contributed by atoms with van der Waals surface area (Å²) in [6.45, 7) is 5.61. The Bertz CT molecular complexity index is 1180. The topological polar surface area (TPSA) is 141 Å². The lowest BCUT2D eigenvalue weighted by atomic mass is 9.95. The van der Waals surface area contributed by atoms with Crippen molar-refractivity contribution in [3.63, 3.8) is 0 Å². The molecule has 0 radical (unpaired) electrons. The number of hydrogen-bond donors (Lipinski definition) is 2. The minimum atomic E-state index is -5.19. The number of anilines is 2. The highest BCUT2D eigenvalue weighted by Gasteiger charge is 2.29. The highest BCUT2D eigenvalue weighted by atomic mass is 79.9. The summed E-state index contributed by atoms with van der Waals surface area (Å²) in [6.07, 6.45) is 2.52. The van der Waals surface area contributed by atoms with Crippen LogP contribution in [-0.2, 0) is 15.2 Å². The summed E-state index contributed by atoms with van der Waals surface area (Å²) >= 11 is 8.99. The fraction of sp³-hybridized carbons (Fsp3) is 0.381. The first-order valence-corrected chi connectivity index (χ1v) is 12.9. The molecule has 1 aromatic heterocycles. The SMILES string of the molecule is CC(C)N1CCC(C(=O)Nc2c(OS(=O)(=O)[O-])cc(Br)cc2C(=O)Nc2ccc(Cl)cn2)CC1.[H+]. The molecule has 13 heteroatoms. The van der Waals surface area contributed by atoms with Crippen LogP contribution >= 0.6 is 27.5 Å². The summed E-state index contributed by atoms with van der Waals surface area (Å²) in [5.74, 6) is -1.78. The molecule has 0 spiro atoms. The van der Waals surface area contributed by atoms with Crippen molar-refractivity contribution in [2.45, 2.75) is 32.7 Å². The van der Waals surface area contributed by atoms with E-state index in [0.717, 1.165) is 13.1 Å². The maximum absolute atomic E-state index is 13.0. The largest absolute Gasteiger partial charge is 1.00 e. The monoisotopic (exact) mass is 574 g/mol. The van der Waals surface area contributed by atoms with Crippen molar-refractivity contribution in [2.75, 3.05) is 23.7 Å². The van der Waals surface area contributed by atoms with Gasteiger partial charge in [-0.15, -0.1) is 0 Å². The van der Waals surface area contributed by atoms with E-state index in [1.165, 1.54) is 30.5 Å². The van der Waals surface area contributed by atoms with Crippen LogP contribution < -0.4 is 14.8 Å².